The van der Waals surface area contributed by atoms with Crippen LogP contribution in [0.5, 0.6) is 5.75 Å². The van der Waals surface area contributed by atoms with Crippen LogP contribution in [-0.2, 0) is 16.0 Å². The smallest absolute Gasteiger partial charge is 0.259 e. The van der Waals surface area contributed by atoms with Gasteiger partial charge in [0.1, 0.15) is 5.75 Å². The first kappa shape index (κ1) is 27.8. The lowest BCUT2D eigenvalue weighted by atomic mass is 9.86. The van der Waals surface area contributed by atoms with Gasteiger partial charge in [-0.1, -0.05) is 18.2 Å². The van der Waals surface area contributed by atoms with Gasteiger partial charge < -0.3 is 19.5 Å². The lowest BCUT2D eigenvalue weighted by molar-refractivity contribution is -0.123. The molecule has 0 atom stereocenters. The lowest BCUT2D eigenvalue weighted by Gasteiger charge is -2.14. The fourth-order valence-electron chi connectivity index (χ4n) is 5.77. The highest BCUT2D eigenvalue weighted by Gasteiger charge is 2.40. The van der Waals surface area contributed by atoms with Crippen LogP contribution in [0.25, 0.3) is 16.5 Å². The zero-order valence-electron chi connectivity index (χ0n) is 24.2. The van der Waals surface area contributed by atoms with Gasteiger partial charge in [-0.3, -0.25) is 19.9 Å². The molecule has 2 N–H and O–H groups in total. The number of methoxy groups -OCH3 is 1. The van der Waals surface area contributed by atoms with Gasteiger partial charge in [-0.25, -0.2) is 0 Å². The van der Waals surface area contributed by atoms with Gasteiger partial charge >= 0.3 is 0 Å². The molecule has 0 fully saturated rings. The van der Waals surface area contributed by atoms with Gasteiger partial charge in [-0.15, -0.1) is 0 Å². The lowest BCUT2D eigenvalue weighted by Crippen LogP contribution is -2.23. The highest BCUT2D eigenvalue weighted by atomic mass is 16.5. The van der Waals surface area contributed by atoms with E-state index in [1.807, 2.05) is 30.4 Å². The van der Waals surface area contributed by atoms with Crippen LogP contribution in [0.2, 0.25) is 0 Å². The van der Waals surface area contributed by atoms with Crippen LogP contribution in [0, 0.1) is 0 Å². The van der Waals surface area contributed by atoms with Gasteiger partial charge in [0, 0.05) is 45.4 Å². The van der Waals surface area contributed by atoms with E-state index >= 15 is 0 Å². The van der Waals surface area contributed by atoms with Gasteiger partial charge in [-0.05, 0) is 91.6 Å². The van der Waals surface area contributed by atoms with Crippen molar-refractivity contribution in [3.05, 3.63) is 70.1 Å². The zero-order valence-corrected chi connectivity index (χ0v) is 24.2. The van der Waals surface area contributed by atoms with E-state index < -0.39 is 0 Å². The summed E-state index contributed by atoms with van der Waals surface area (Å²) in [5, 5.41) is 3.51. The molecule has 0 radical (unpaired) electrons. The molecule has 2 amide bonds. The van der Waals surface area contributed by atoms with E-state index in [-0.39, 0.29) is 11.8 Å². The summed E-state index contributed by atoms with van der Waals surface area (Å²) in [6, 6.07) is 5.84. The van der Waals surface area contributed by atoms with Crippen molar-refractivity contribution in [2.24, 2.45) is 4.99 Å². The van der Waals surface area contributed by atoms with Crippen molar-refractivity contribution >= 4 is 34.0 Å². The van der Waals surface area contributed by atoms with E-state index in [4.69, 9.17) is 9.73 Å². The Kier molecular flexibility index (Phi) is 8.19. The van der Waals surface area contributed by atoms with E-state index in [0.29, 0.717) is 16.9 Å². The molecule has 0 unspecified atom stereocenters. The average molecular weight is 542 g/mol. The minimum absolute atomic E-state index is 0.357. The number of benzene rings is 1. The Balaban J connectivity index is 1.68. The molecule has 1 aromatic carbocycles. The summed E-state index contributed by atoms with van der Waals surface area (Å²) in [5.41, 5.74) is 7.13. The molecule has 2 aromatic rings. The van der Waals surface area contributed by atoms with E-state index in [2.05, 4.69) is 54.4 Å². The van der Waals surface area contributed by atoms with E-state index in [0.717, 1.165) is 96.3 Å². The highest BCUT2D eigenvalue weighted by Crippen LogP contribution is 2.43. The first-order valence-electron chi connectivity index (χ1n) is 14.1. The number of imide groups is 1. The van der Waals surface area contributed by atoms with Crippen LogP contribution in [0.3, 0.4) is 0 Å². The maximum atomic E-state index is 13.6. The second-order valence-corrected chi connectivity index (χ2v) is 11.2. The van der Waals surface area contributed by atoms with Crippen molar-refractivity contribution in [3.63, 3.8) is 0 Å². The van der Waals surface area contributed by atoms with Gasteiger partial charge in [0.25, 0.3) is 11.8 Å². The monoisotopic (exact) mass is 541 g/mol. The normalized spacial score (nSPS) is 17.0. The number of aromatic amines is 1. The molecule has 2 aliphatic heterocycles. The summed E-state index contributed by atoms with van der Waals surface area (Å²) in [7, 11) is 9.89. The molecule has 5 rings (SSSR count). The number of carbonyl (C=O) groups is 2. The Hall–Kier alpha value is -3.75. The van der Waals surface area contributed by atoms with Crippen LogP contribution >= 0.6 is 0 Å². The van der Waals surface area contributed by atoms with Crippen molar-refractivity contribution < 1.29 is 14.3 Å². The van der Waals surface area contributed by atoms with E-state index in [9.17, 15) is 9.59 Å². The molecule has 0 bridgehead atoms. The predicted molar refractivity (Wildman–Crippen MR) is 161 cm³/mol. The van der Waals surface area contributed by atoms with Gasteiger partial charge in [0.05, 0.1) is 24.0 Å². The van der Waals surface area contributed by atoms with Gasteiger partial charge in [-0.2, -0.15) is 0 Å². The van der Waals surface area contributed by atoms with Crippen LogP contribution < -0.4 is 10.1 Å². The number of nitrogens with zero attached hydrogens (tertiary/aromatic N) is 3. The molecular formula is C32H39N5O3. The van der Waals surface area contributed by atoms with Gasteiger partial charge in [0.2, 0.25) is 0 Å². The number of amides is 2. The summed E-state index contributed by atoms with van der Waals surface area (Å²) >= 11 is 0. The molecule has 210 valence electrons. The summed E-state index contributed by atoms with van der Waals surface area (Å²) < 4.78 is 5.54. The quantitative estimate of drug-likeness (QED) is 0.307. The fourth-order valence-corrected chi connectivity index (χ4v) is 5.77. The molecule has 1 aromatic heterocycles. The first-order chi connectivity index (χ1) is 19.3. The molecule has 3 aliphatic rings. The molecule has 0 saturated carbocycles. The topological polar surface area (TPSA) is 90.0 Å². The molecule has 8 nitrogen and oxygen atoms in total. The van der Waals surface area contributed by atoms with Gasteiger partial charge in [0.15, 0.2) is 0 Å². The van der Waals surface area contributed by atoms with Crippen molar-refractivity contribution in [2.75, 3.05) is 48.4 Å². The Morgan fingerprint density at radius 2 is 1.68 bits per heavy atom. The predicted octanol–water partition coefficient (Wildman–Crippen LogP) is 4.41. The van der Waals surface area contributed by atoms with Crippen LogP contribution in [0.15, 0.2) is 63.8 Å². The molecule has 3 heterocycles. The third-order valence-electron chi connectivity index (χ3n) is 7.66. The number of hydrogen-bond acceptors (Lipinski definition) is 6. The summed E-state index contributed by atoms with van der Waals surface area (Å²) in [6.45, 7) is 1.90. The van der Waals surface area contributed by atoms with Crippen molar-refractivity contribution in [3.8, 4) is 5.75 Å². The third-order valence-corrected chi connectivity index (χ3v) is 7.66. The summed E-state index contributed by atoms with van der Waals surface area (Å²) in [5.74, 6) is -0.0199. The standard InChI is InChI=1S/C32H39N5O3/c1-36(2)17-9-8-13-25-27(21-11-6-7-12-23(21)33-25)29-30(32(39)35-31(29)38)28-22-19-20(40-5)15-16-24(22)34-26(28)14-10-18-37(3)4/h6-7,11,15-16,19,34H,8-10,12-14,17-18H2,1-5H3,(H,35,38,39). The van der Waals surface area contributed by atoms with Crippen LogP contribution in [0.1, 0.15) is 43.4 Å². The SMILES string of the molecule is COc1ccc2[nH]c(CCCN(C)C)c(C3=C(C4=C(CCCCN(C)C)N=C5CC=CC=C54)C(=O)NC3=O)c2c1. The van der Waals surface area contributed by atoms with Crippen molar-refractivity contribution in [1.82, 2.24) is 20.1 Å². The number of aromatic nitrogens is 1. The molecule has 40 heavy (non-hydrogen) atoms. The number of ether oxygens (including phenoxy) is 1. The number of H-pyrrole nitrogens is 1. The Morgan fingerprint density at radius 1 is 0.925 bits per heavy atom. The number of hydrogen-bond donors (Lipinski definition) is 2. The molecule has 0 spiro atoms. The minimum atomic E-state index is -0.363. The van der Waals surface area contributed by atoms with Crippen LogP contribution in [-0.4, -0.2) is 80.7 Å². The number of unbranched alkanes of at least 4 members (excludes halogenated alkanes) is 1. The molecular weight excluding hydrogens is 502 g/mol. The number of rotatable bonds is 12. The molecule has 1 aliphatic carbocycles. The third kappa shape index (κ3) is 5.46. The Morgan fingerprint density at radius 3 is 2.42 bits per heavy atom. The Bertz CT molecular complexity index is 1500. The number of aryl methyl sites for hydroxylation is 1. The number of fused-ring (bicyclic) bond motifs is 2. The molecule has 0 saturated heterocycles. The zero-order chi connectivity index (χ0) is 28.4. The van der Waals surface area contributed by atoms with Crippen molar-refractivity contribution in [1.29, 1.82) is 0 Å². The second kappa shape index (κ2) is 11.8. The largest absolute Gasteiger partial charge is 0.497 e. The maximum Gasteiger partial charge on any atom is 0.259 e. The number of nitrogens with one attached hydrogen (secondary N) is 2. The van der Waals surface area contributed by atoms with Crippen molar-refractivity contribution in [2.45, 2.75) is 38.5 Å². The maximum absolute atomic E-state index is 13.6. The summed E-state index contributed by atoms with van der Waals surface area (Å²) in [4.78, 5) is 40.2. The number of allylic oxidation sites excluding steroid dienone is 5. The summed E-state index contributed by atoms with van der Waals surface area (Å²) in [6.07, 6.45) is 11.2. The fraction of sp³-hybridized carbons (Fsp3) is 0.406. The highest BCUT2D eigenvalue weighted by molar-refractivity contribution is 6.40. The number of aliphatic imine (C=N–C) groups is 1. The number of carbonyl (C=O) groups excluding carboxylic acids is 2. The van der Waals surface area contributed by atoms with Crippen LogP contribution in [0.4, 0.5) is 0 Å². The second-order valence-electron chi connectivity index (χ2n) is 11.2. The first-order valence-corrected chi connectivity index (χ1v) is 14.1. The van der Waals surface area contributed by atoms with E-state index in [1.165, 1.54) is 0 Å². The average Bonchev–Trinajstić information content (AvgIpc) is 3.55. The van der Waals surface area contributed by atoms with E-state index in [1.54, 1.807) is 7.11 Å². The molecule has 8 heteroatoms. The minimum Gasteiger partial charge on any atom is -0.497 e. The Labute approximate surface area is 236 Å².